The maximum atomic E-state index is 11.5. The molecular formula is C17H16BrNO4. The van der Waals surface area contributed by atoms with Crippen molar-refractivity contribution in [3.8, 4) is 5.88 Å². The van der Waals surface area contributed by atoms with Gasteiger partial charge in [0.2, 0.25) is 5.88 Å². The number of pyridine rings is 1. The van der Waals surface area contributed by atoms with Gasteiger partial charge in [-0.2, -0.15) is 0 Å². The normalized spacial score (nSPS) is 12.6. The summed E-state index contributed by atoms with van der Waals surface area (Å²) in [4.78, 5) is 15.6. The molecule has 0 aliphatic rings. The van der Waals surface area contributed by atoms with Gasteiger partial charge in [-0.25, -0.2) is 9.78 Å². The third-order valence-electron chi connectivity index (χ3n) is 3.15. The van der Waals surface area contributed by atoms with Crippen LogP contribution in [0, 0.1) is 0 Å². The average molecular weight is 378 g/mol. The Labute approximate surface area is 142 Å². The van der Waals surface area contributed by atoms with Crippen LogP contribution >= 0.6 is 15.9 Å². The van der Waals surface area contributed by atoms with Gasteiger partial charge in [0.1, 0.15) is 11.7 Å². The highest BCUT2D eigenvalue weighted by atomic mass is 79.9. The van der Waals surface area contributed by atoms with Crippen LogP contribution in [-0.4, -0.2) is 23.2 Å². The van der Waals surface area contributed by atoms with E-state index in [2.05, 4.69) is 20.9 Å². The number of aromatic nitrogens is 1. The van der Waals surface area contributed by atoms with E-state index in [1.807, 2.05) is 25.1 Å². The lowest BCUT2D eigenvalue weighted by atomic mass is 9.97. The second kappa shape index (κ2) is 7.78. The molecule has 2 rings (SSSR count). The van der Waals surface area contributed by atoms with Crippen LogP contribution in [0.25, 0.3) is 5.57 Å². The van der Waals surface area contributed by atoms with Crippen molar-refractivity contribution in [3.63, 3.8) is 0 Å². The van der Waals surface area contributed by atoms with Crippen molar-refractivity contribution in [1.29, 1.82) is 0 Å². The van der Waals surface area contributed by atoms with Crippen molar-refractivity contribution in [3.05, 3.63) is 64.5 Å². The van der Waals surface area contributed by atoms with E-state index in [1.54, 1.807) is 24.4 Å². The molecule has 0 bridgehead atoms. The summed E-state index contributed by atoms with van der Waals surface area (Å²) in [7, 11) is 1.41. The molecule has 0 saturated heterocycles. The lowest BCUT2D eigenvalue weighted by molar-refractivity contribution is -0.130. The number of hydrogen-bond donors (Lipinski definition) is 1. The van der Waals surface area contributed by atoms with Gasteiger partial charge in [-0.15, -0.1) is 0 Å². The molecule has 2 aromatic rings. The van der Waals surface area contributed by atoms with Crippen LogP contribution in [0.1, 0.15) is 24.2 Å². The first-order valence-electron chi connectivity index (χ1n) is 6.86. The Morgan fingerprint density at radius 2 is 2.04 bits per heavy atom. The van der Waals surface area contributed by atoms with Crippen LogP contribution in [0.3, 0.4) is 0 Å². The van der Waals surface area contributed by atoms with Crippen molar-refractivity contribution in [2.75, 3.05) is 7.11 Å². The molecule has 0 aliphatic heterocycles. The second-order valence-corrected chi connectivity index (χ2v) is 5.65. The molecule has 0 spiro atoms. The number of carbonyl (C=O) groups is 1. The molecule has 1 aromatic heterocycles. The number of methoxy groups -OCH3 is 1. The van der Waals surface area contributed by atoms with Crippen LogP contribution in [-0.2, 0) is 9.53 Å². The van der Waals surface area contributed by atoms with Gasteiger partial charge in [0.05, 0.1) is 13.4 Å². The van der Waals surface area contributed by atoms with Crippen molar-refractivity contribution in [1.82, 2.24) is 4.98 Å². The van der Waals surface area contributed by atoms with Gasteiger partial charge >= 0.3 is 5.97 Å². The Hall–Kier alpha value is -2.34. The first-order valence-corrected chi connectivity index (χ1v) is 7.66. The summed E-state index contributed by atoms with van der Waals surface area (Å²) in [6.07, 6.45) is 2.48. The molecule has 0 radical (unpaired) electrons. The van der Waals surface area contributed by atoms with Crippen molar-refractivity contribution in [2.24, 2.45) is 0 Å². The maximum Gasteiger partial charge on any atom is 0.339 e. The molecule has 1 N–H and O–H groups in total. The number of hydrogen-bond acceptors (Lipinski definition) is 4. The monoisotopic (exact) mass is 377 g/mol. The molecule has 0 amide bonds. The molecular weight excluding hydrogens is 362 g/mol. The fourth-order valence-corrected chi connectivity index (χ4v) is 2.35. The fraction of sp³-hybridized carbons (Fsp3) is 0.176. The van der Waals surface area contributed by atoms with E-state index in [9.17, 15) is 9.90 Å². The number of ether oxygens (including phenoxy) is 2. The average Bonchev–Trinajstić information content (AvgIpc) is 2.54. The molecule has 1 heterocycles. The number of benzene rings is 1. The lowest BCUT2D eigenvalue weighted by Gasteiger charge is -2.18. The Morgan fingerprint density at radius 3 is 2.65 bits per heavy atom. The van der Waals surface area contributed by atoms with Crippen LogP contribution in [0.4, 0.5) is 0 Å². The van der Waals surface area contributed by atoms with E-state index >= 15 is 0 Å². The highest BCUT2D eigenvalue weighted by molar-refractivity contribution is 9.10. The van der Waals surface area contributed by atoms with Crippen LogP contribution in [0.5, 0.6) is 5.88 Å². The molecule has 1 aromatic carbocycles. The molecule has 0 saturated carbocycles. The lowest BCUT2D eigenvalue weighted by Crippen LogP contribution is -2.10. The largest absolute Gasteiger partial charge is 0.503 e. The Balaban J connectivity index is 2.33. The van der Waals surface area contributed by atoms with E-state index in [0.717, 1.165) is 10.0 Å². The smallest absolute Gasteiger partial charge is 0.339 e. The summed E-state index contributed by atoms with van der Waals surface area (Å²) >= 11 is 3.32. The molecule has 1 unspecified atom stereocenters. The number of carboxylic acids is 1. The maximum absolute atomic E-state index is 11.5. The van der Waals surface area contributed by atoms with Gasteiger partial charge in [-0.3, -0.25) is 0 Å². The summed E-state index contributed by atoms with van der Waals surface area (Å²) < 4.78 is 11.6. The summed E-state index contributed by atoms with van der Waals surface area (Å²) in [5.41, 5.74) is 1.36. The standard InChI is InChI=1S/C17H16BrNO4/c1-11(23-16-8-7-12(18)9-19-16)13-5-3-4-6-14(13)15(10-22-2)17(20)21/h3-11H,1-2H3,(H,20,21)/b15-10+. The first-order chi connectivity index (χ1) is 11.0. The zero-order valence-electron chi connectivity index (χ0n) is 12.7. The highest BCUT2D eigenvalue weighted by Gasteiger charge is 2.19. The number of rotatable bonds is 6. The van der Waals surface area contributed by atoms with Gasteiger partial charge in [0, 0.05) is 22.3 Å². The predicted molar refractivity (Wildman–Crippen MR) is 90.0 cm³/mol. The van der Waals surface area contributed by atoms with E-state index in [4.69, 9.17) is 9.47 Å². The van der Waals surface area contributed by atoms with Gasteiger partial charge < -0.3 is 14.6 Å². The molecule has 23 heavy (non-hydrogen) atoms. The molecule has 6 heteroatoms. The quantitative estimate of drug-likeness (QED) is 0.607. The van der Waals surface area contributed by atoms with Gasteiger partial charge in [0.25, 0.3) is 0 Å². The Bertz CT molecular complexity index is 713. The Morgan fingerprint density at radius 1 is 1.30 bits per heavy atom. The zero-order chi connectivity index (χ0) is 16.8. The van der Waals surface area contributed by atoms with E-state index in [1.165, 1.54) is 13.4 Å². The summed E-state index contributed by atoms with van der Waals surface area (Å²) in [6.45, 7) is 1.84. The molecule has 0 aliphatic carbocycles. The zero-order valence-corrected chi connectivity index (χ0v) is 14.3. The summed E-state index contributed by atoms with van der Waals surface area (Å²) in [6, 6.07) is 10.7. The van der Waals surface area contributed by atoms with Crippen molar-refractivity contribution >= 4 is 27.5 Å². The number of aliphatic carboxylic acids is 1. The minimum absolute atomic E-state index is 0.0716. The minimum Gasteiger partial charge on any atom is -0.503 e. The number of nitrogens with zero attached hydrogens (tertiary/aromatic N) is 1. The van der Waals surface area contributed by atoms with Crippen molar-refractivity contribution in [2.45, 2.75) is 13.0 Å². The molecule has 1 atom stereocenters. The fourth-order valence-electron chi connectivity index (χ4n) is 2.12. The van der Waals surface area contributed by atoms with E-state index in [-0.39, 0.29) is 11.7 Å². The Kier molecular flexibility index (Phi) is 5.76. The number of halogens is 1. The van der Waals surface area contributed by atoms with Crippen LogP contribution < -0.4 is 4.74 Å². The third kappa shape index (κ3) is 4.32. The predicted octanol–water partition coefficient (Wildman–Crippen LogP) is 4.06. The number of carboxylic acid groups (broad SMARTS) is 1. The molecule has 0 fully saturated rings. The van der Waals surface area contributed by atoms with Gasteiger partial charge in [-0.05, 0) is 34.5 Å². The minimum atomic E-state index is -1.06. The summed E-state index contributed by atoms with van der Waals surface area (Å²) in [5.74, 6) is -0.601. The first kappa shape index (κ1) is 17.0. The van der Waals surface area contributed by atoms with Crippen LogP contribution in [0.15, 0.2) is 53.3 Å². The topological polar surface area (TPSA) is 68.7 Å². The SMILES string of the molecule is CO/C=C(/C(=O)O)c1ccccc1C(C)Oc1ccc(Br)cn1. The van der Waals surface area contributed by atoms with E-state index < -0.39 is 5.97 Å². The second-order valence-electron chi connectivity index (χ2n) is 4.73. The highest BCUT2D eigenvalue weighted by Crippen LogP contribution is 2.28. The van der Waals surface area contributed by atoms with Gasteiger partial charge in [0.15, 0.2) is 0 Å². The van der Waals surface area contributed by atoms with Crippen molar-refractivity contribution < 1.29 is 19.4 Å². The third-order valence-corrected chi connectivity index (χ3v) is 3.62. The molecule has 120 valence electrons. The van der Waals surface area contributed by atoms with Crippen LogP contribution in [0.2, 0.25) is 0 Å². The van der Waals surface area contributed by atoms with E-state index in [0.29, 0.717) is 11.4 Å². The van der Waals surface area contributed by atoms with Gasteiger partial charge in [-0.1, -0.05) is 24.3 Å². The summed E-state index contributed by atoms with van der Waals surface area (Å²) in [5, 5.41) is 9.38. The molecule has 5 nitrogen and oxygen atoms in total.